The molecule has 1 aromatic rings. The molecule has 0 amide bonds. The minimum atomic E-state index is -0.309. The lowest BCUT2D eigenvalue weighted by atomic mass is 10.2. The van der Waals surface area contributed by atoms with E-state index in [1.807, 2.05) is 6.07 Å². The third-order valence-electron chi connectivity index (χ3n) is 4.12. The predicted molar refractivity (Wildman–Crippen MR) is 85.3 cm³/mol. The molecule has 4 heteroatoms. The highest BCUT2D eigenvalue weighted by Gasteiger charge is 2.26. The molecule has 21 heavy (non-hydrogen) atoms. The van der Waals surface area contributed by atoms with E-state index in [-0.39, 0.29) is 6.10 Å². The van der Waals surface area contributed by atoms with E-state index in [4.69, 9.17) is 4.74 Å². The summed E-state index contributed by atoms with van der Waals surface area (Å²) in [5, 5.41) is 10.3. The van der Waals surface area contributed by atoms with Crippen LogP contribution in [0.15, 0.2) is 30.3 Å². The molecule has 118 valence electrons. The fraction of sp³-hybridized carbons (Fsp3) is 0.647. The summed E-state index contributed by atoms with van der Waals surface area (Å²) in [5.41, 5.74) is 1.28. The van der Waals surface area contributed by atoms with Gasteiger partial charge in [0.25, 0.3) is 0 Å². The molecule has 2 rings (SSSR count). The van der Waals surface area contributed by atoms with Crippen molar-refractivity contribution < 1.29 is 9.84 Å². The van der Waals surface area contributed by atoms with Crippen molar-refractivity contribution in [1.29, 1.82) is 0 Å². The maximum absolute atomic E-state index is 10.3. The van der Waals surface area contributed by atoms with Gasteiger partial charge in [-0.25, -0.2) is 0 Å². The topological polar surface area (TPSA) is 35.9 Å². The number of aliphatic hydroxyl groups is 1. The highest BCUT2D eigenvalue weighted by atomic mass is 16.5. The Bertz CT molecular complexity index is 399. The molecule has 1 saturated heterocycles. The van der Waals surface area contributed by atoms with E-state index in [9.17, 15) is 5.11 Å². The van der Waals surface area contributed by atoms with E-state index in [2.05, 4.69) is 41.1 Å². The molecular weight excluding hydrogens is 264 g/mol. The first-order valence-electron chi connectivity index (χ1n) is 7.82. The van der Waals surface area contributed by atoms with Crippen LogP contribution in [0.3, 0.4) is 0 Å². The normalized spacial score (nSPS) is 21.0. The highest BCUT2D eigenvalue weighted by Crippen LogP contribution is 2.17. The predicted octanol–water partition coefficient (Wildman–Crippen LogP) is 1.59. The molecule has 1 heterocycles. The smallest absolute Gasteiger partial charge is 0.0793 e. The number of hydrogen-bond donors (Lipinski definition) is 1. The Morgan fingerprint density at radius 3 is 2.86 bits per heavy atom. The van der Waals surface area contributed by atoms with Crippen molar-refractivity contribution in [2.75, 3.05) is 40.4 Å². The zero-order chi connectivity index (χ0) is 15.1. The molecule has 0 saturated carbocycles. The van der Waals surface area contributed by atoms with Gasteiger partial charge in [-0.2, -0.15) is 0 Å². The molecule has 1 fully saturated rings. The summed E-state index contributed by atoms with van der Waals surface area (Å²) in [5.74, 6) is 0. The number of methoxy groups -OCH3 is 1. The van der Waals surface area contributed by atoms with Crippen molar-refractivity contribution in [3.8, 4) is 0 Å². The number of hydrogen-bond acceptors (Lipinski definition) is 4. The summed E-state index contributed by atoms with van der Waals surface area (Å²) < 4.78 is 5.26. The van der Waals surface area contributed by atoms with Gasteiger partial charge in [-0.15, -0.1) is 0 Å². The second-order valence-corrected chi connectivity index (χ2v) is 6.08. The second-order valence-electron chi connectivity index (χ2n) is 6.08. The molecule has 0 bridgehead atoms. The molecule has 1 aliphatic heterocycles. The van der Waals surface area contributed by atoms with Crippen LogP contribution in [0.4, 0.5) is 0 Å². The highest BCUT2D eigenvalue weighted by molar-refractivity contribution is 5.14. The molecule has 0 aliphatic carbocycles. The van der Waals surface area contributed by atoms with Gasteiger partial charge in [-0.05, 0) is 32.0 Å². The van der Waals surface area contributed by atoms with Crippen LogP contribution < -0.4 is 0 Å². The van der Waals surface area contributed by atoms with Gasteiger partial charge < -0.3 is 9.84 Å². The Balaban J connectivity index is 1.74. The Kier molecular flexibility index (Phi) is 6.64. The van der Waals surface area contributed by atoms with Gasteiger partial charge >= 0.3 is 0 Å². The van der Waals surface area contributed by atoms with Crippen LogP contribution in [0.25, 0.3) is 0 Å². The largest absolute Gasteiger partial charge is 0.390 e. The average molecular weight is 292 g/mol. The first-order chi connectivity index (χ1) is 10.2. The molecule has 4 nitrogen and oxygen atoms in total. The van der Waals surface area contributed by atoms with Crippen LogP contribution in [-0.4, -0.2) is 67.5 Å². The molecule has 0 aromatic heterocycles. The lowest BCUT2D eigenvalue weighted by molar-refractivity contribution is 0.0536. The second kappa shape index (κ2) is 8.49. The van der Waals surface area contributed by atoms with E-state index in [0.717, 1.165) is 26.2 Å². The van der Waals surface area contributed by atoms with Gasteiger partial charge in [0.1, 0.15) is 0 Å². The summed E-state index contributed by atoms with van der Waals surface area (Å²) >= 11 is 0. The standard InChI is InChI=1S/C17H28N2O2/c1-18(11-15-7-4-3-5-8-15)12-17(20)13-19-10-6-9-16(19)14-21-2/h3-5,7-8,16-17,20H,6,9-14H2,1-2H3. The molecule has 0 radical (unpaired) electrons. The number of ether oxygens (including phenoxy) is 1. The zero-order valence-electron chi connectivity index (χ0n) is 13.2. The van der Waals surface area contributed by atoms with Gasteiger partial charge in [0.05, 0.1) is 12.7 Å². The summed E-state index contributed by atoms with van der Waals surface area (Å²) in [4.78, 5) is 4.55. The van der Waals surface area contributed by atoms with Gasteiger partial charge in [0, 0.05) is 32.8 Å². The van der Waals surface area contributed by atoms with Crippen LogP contribution in [0.1, 0.15) is 18.4 Å². The minimum Gasteiger partial charge on any atom is -0.390 e. The van der Waals surface area contributed by atoms with Crippen molar-refractivity contribution in [3.63, 3.8) is 0 Å². The molecule has 2 atom stereocenters. The van der Waals surface area contributed by atoms with Crippen LogP contribution in [0.5, 0.6) is 0 Å². The van der Waals surface area contributed by atoms with Crippen LogP contribution in [0.2, 0.25) is 0 Å². The van der Waals surface area contributed by atoms with E-state index >= 15 is 0 Å². The maximum atomic E-state index is 10.3. The Hall–Kier alpha value is -0.940. The lowest BCUT2D eigenvalue weighted by Crippen LogP contribution is -2.42. The van der Waals surface area contributed by atoms with Crippen LogP contribution in [-0.2, 0) is 11.3 Å². The third-order valence-corrected chi connectivity index (χ3v) is 4.12. The first kappa shape index (κ1) is 16.4. The fourth-order valence-corrected chi connectivity index (χ4v) is 3.16. The summed E-state index contributed by atoms with van der Waals surface area (Å²) in [6.07, 6.45) is 2.08. The fourth-order valence-electron chi connectivity index (χ4n) is 3.16. The van der Waals surface area contributed by atoms with E-state index < -0.39 is 0 Å². The van der Waals surface area contributed by atoms with Crippen molar-refractivity contribution in [2.45, 2.75) is 31.5 Å². The Labute approximate surface area is 128 Å². The van der Waals surface area contributed by atoms with Crippen molar-refractivity contribution >= 4 is 0 Å². The van der Waals surface area contributed by atoms with Crippen molar-refractivity contribution in [1.82, 2.24) is 9.80 Å². The molecule has 2 unspecified atom stereocenters. The third kappa shape index (κ3) is 5.40. The Morgan fingerprint density at radius 1 is 1.38 bits per heavy atom. The monoisotopic (exact) mass is 292 g/mol. The minimum absolute atomic E-state index is 0.309. The quantitative estimate of drug-likeness (QED) is 0.789. The average Bonchev–Trinajstić information content (AvgIpc) is 2.87. The number of aliphatic hydroxyl groups excluding tert-OH is 1. The van der Waals surface area contributed by atoms with Gasteiger partial charge in [0.2, 0.25) is 0 Å². The van der Waals surface area contributed by atoms with Gasteiger partial charge in [0.15, 0.2) is 0 Å². The number of likely N-dealkylation sites (tertiary alicyclic amines) is 1. The SMILES string of the molecule is COCC1CCCN1CC(O)CN(C)Cc1ccccc1. The van der Waals surface area contributed by atoms with Crippen molar-refractivity contribution in [2.24, 2.45) is 0 Å². The van der Waals surface area contributed by atoms with E-state index in [1.54, 1.807) is 7.11 Å². The zero-order valence-corrected chi connectivity index (χ0v) is 13.2. The van der Waals surface area contributed by atoms with Crippen LogP contribution in [0, 0.1) is 0 Å². The summed E-state index contributed by atoms with van der Waals surface area (Å²) in [6.45, 7) is 4.16. The number of likely N-dealkylation sites (N-methyl/N-ethyl adjacent to an activating group) is 1. The number of rotatable bonds is 8. The number of nitrogens with zero attached hydrogens (tertiary/aromatic N) is 2. The molecule has 1 N–H and O–H groups in total. The van der Waals surface area contributed by atoms with Crippen LogP contribution >= 0.6 is 0 Å². The molecule has 0 spiro atoms. The summed E-state index contributed by atoms with van der Waals surface area (Å²) in [6, 6.07) is 10.9. The molecule has 1 aliphatic rings. The lowest BCUT2D eigenvalue weighted by Gasteiger charge is -2.28. The summed E-state index contributed by atoms with van der Waals surface area (Å²) in [7, 11) is 3.81. The molecular formula is C17H28N2O2. The van der Waals surface area contributed by atoms with Gasteiger partial charge in [-0.3, -0.25) is 9.80 Å². The van der Waals surface area contributed by atoms with Gasteiger partial charge in [-0.1, -0.05) is 30.3 Å². The van der Waals surface area contributed by atoms with Crippen molar-refractivity contribution in [3.05, 3.63) is 35.9 Å². The first-order valence-corrected chi connectivity index (χ1v) is 7.82. The van der Waals surface area contributed by atoms with E-state index in [1.165, 1.54) is 18.4 Å². The number of β-amino-alcohol motifs (C(OH)–C–C–N with tert-alkyl or cyclic N) is 1. The Morgan fingerprint density at radius 2 is 2.14 bits per heavy atom. The van der Waals surface area contributed by atoms with E-state index in [0.29, 0.717) is 12.6 Å². The maximum Gasteiger partial charge on any atom is 0.0793 e. The molecule has 1 aromatic carbocycles. The number of benzene rings is 1.